The molecule has 0 bridgehead atoms. The van der Waals surface area contributed by atoms with Crippen LogP contribution in [0.25, 0.3) is 98.4 Å². The average molecular weight is 571 g/mol. The van der Waals surface area contributed by atoms with Gasteiger partial charge in [0.25, 0.3) is 0 Å². The zero-order valence-corrected chi connectivity index (χ0v) is 24.4. The molecule has 0 radical (unpaired) electrons. The Bertz CT molecular complexity index is 2730. The van der Waals surface area contributed by atoms with Crippen molar-refractivity contribution in [2.24, 2.45) is 0 Å². The number of hydrogen-bond acceptors (Lipinski definition) is 1. The Morgan fingerprint density at radius 1 is 0.311 bits per heavy atom. The lowest BCUT2D eigenvalue weighted by atomic mass is 9.84. The Hall–Kier alpha value is -5.92. The van der Waals surface area contributed by atoms with Crippen LogP contribution in [0.4, 0.5) is 0 Å². The van der Waals surface area contributed by atoms with Crippen LogP contribution in [0.15, 0.2) is 162 Å². The maximum atomic E-state index is 6.54. The van der Waals surface area contributed by atoms with Gasteiger partial charge in [0.1, 0.15) is 11.3 Å². The number of fused-ring (bicyclic) bond motifs is 3. The molecule has 1 aromatic heterocycles. The van der Waals surface area contributed by atoms with E-state index in [4.69, 9.17) is 4.42 Å². The maximum absolute atomic E-state index is 6.54. The predicted octanol–water partition coefficient (Wildman–Crippen LogP) is 12.6. The van der Waals surface area contributed by atoms with Crippen LogP contribution in [-0.2, 0) is 0 Å². The van der Waals surface area contributed by atoms with Crippen LogP contribution in [0, 0.1) is 0 Å². The smallest absolute Gasteiger partial charge is 0.136 e. The fourth-order valence-electron chi connectivity index (χ4n) is 7.42. The Labute approximate surface area is 259 Å². The van der Waals surface area contributed by atoms with Crippen molar-refractivity contribution in [3.05, 3.63) is 158 Å². The van der Waals surface area contributed by atoms with Crippen LogP contribution in [0.3, 0.4) is 0 Å². The highest BCUT2D eigenvalue weighted by molar-refractivity contribution is 6.30. The number of benzene rings is 9. The predicted molar refractivity (Wildman–Crippen MR) is 191 cm³/mol. The number of rotatable bonds is 3. The van der Waals surface area contributed by atoms with Crippen molar-refractivity contribution < 1.29 is 4.42 Å². The molecule has 0 saturated carbocycles. The van der Waals surface area contributed by atoms with Crippen LogP contribution in [0.1, 0.15) is 0 Å². The molecule has 0 fully saturated rings. The summed E-state index contributed by atoms with van der Waals surface area (Å²) in [5.74, 6) is 0.894. The third-order valence-electron chi connectivity index (χ3n) is 9.59. The number of hydrogen-bond donors (Lipinski definition) is 0. The molecule has 9 aromatic carbocycles. The summed E-state index contributed by atoms with van der Waals surface area (Å²) in [4.78, 5) is 0. The Morgan fingerprint density at radius 2 is 0.844 bits per heavy atom. The lowest BCUT2D eigenvalue weighted by Crippen LogP contribution is -1.92. The monoisotopic (exact) mass is 570 g/mol. The van der Waals surface area contributed by atoms with Crippen LogP contribution in [-0.4, -0.2) is 0 Å². The zero-order valence-electron chi connectivity index (χ0n) is 24.4. The van der Waals surface area contributed by atoms with Crippen molar-refractivity contribution in [3.8, 4) is 33.6 Å². The maximum Gasteiger partial charge on any atom is 0.136 e. The van der Waals surface area contributed by atoms with Gasteiger partial charge in [-0.1, -0.05) is 127 Å². The molecule has 45 heavy (non-hydrogen) atoms. The summed E-state index contributed by atoms with van der Waals surface area (Å²) in [6, 6.07) is 57.4. The van der Waals surface area contributed by atoms with E-state index < -0.39 is 0 Å². The molecule has 0 aliphatic heterocycles. The van der Waals surface area contributed by atoms with Gasteiger partial charge < -0.3 is 4.42 Å². The SMILES string of the molecule is c1ccc2cc(-c3ccc4ccc5c(-c6ccc7ccccc7c6)cc(-c6cc7ccccc7o6)c6ccc3c4c56)ccc2c1. The molecule has 1 heterocycles. The molecule has 0 aliphatic carbocycles. The first-order valence-corrected chi connectivity index (χ1v) is 15.5. The van der Waals surface area contributed by atoms with Crippen LogP contribution < -0.4 is 0 Å². The molecule has 0 N–H and O–H groups in total. The van der Waals surface area contributed by atoms with Crippen molar-refractivity contribution >= 4 is 64.8 Å². The first-order valence-electron chi connectivity index (χ1n) is 15.5. The Balaban J connectivity index is 1.32. The van der Waals surface area contributed by atoms with Gasteiger partial charge in [0.2, 0.25) is 0 Å². The number of para-hydroxylation sites is 1. The molecule has 1 heteroatoms. The van der Waals surface area contributed by atoms with Gasteiger partial charge in [-0.25, -0.2) is 0 Å². The summed E-state index contributed by atoms with van der Waals surface area (Å²) in [5, 5.41) is 13.7. The average Bonchev–Trinajstić information content (AvgIpc) is 3.54. The highest BCUT2D eigenvalue weighted by Crippen LogP contribution is 2.47. The van der Waals surface area contributed by atoms with Crippen LogP contribution in [0.2, 0.25) is 0 Å². The Morgan fingerprint density at radius 3 is 1.56 bits per heavy atom. The third-order valence-corrected chi connectivity index (χ3v) is 9.59. The van der Waals surface area contributed by atoms with Gasteiger partial charge in [0.05, 0.1) is 0 Å². The van der Waals surface area contributed by atoms with E-state index in [0.29, 0.717) is 0 Å². The summed E-state index contributed by atoms with van der Waals surface area (Å²) >= 11 is 0. The van der Waals surface area contributed by atoms with Crippen LogP contribution >= 0.6 is 0 Å². The highest BCUT2D eigenvalue weighted by atomic mass is 16.3. The molecule has 208 valence electrons. The summed E-state index contributed by atoms with van der Waals surface area (Å²) in [6.07, 6.45) is 0. The highest BCUT2D eigenvalue weighted by Gasteiger charge is 2.20. The molecule has 0 aliphatic rings. The van der Waals surface area contributed by atoms with Crippen molar-refractivity contribution in [2.45, 2.75) is 0 Å². The lowest BCUT2D eigenvalue weighted by Gasteiger charge is -2.19. The lowest BCUT2D eigenvalue weighted by molar-refractivity contribution is 0.632. The number of furan rings is 1. The summed E-state index contributed by atoms with van der Waals surface area (Å²) in [5.41, 5.74) is 6.94. The molecule has 1 nitrogen and oxygen atoms in total. The van der Waals surface area contributed by atoms with E-state index in [2.05, 4.69) is 152 Å². The second-order valence-electron chi connectivity index (χ2n) is 12.1. The minimum Gasteiger partial charge on any atom is -0.456 e. The Kier molecular flexibility index (Phi) is 5.06. The third kappa shape index (κ3) is 3.68. The first-order chi connectivity index (χ1) is 22.3. The van der Waals surface area contributed by atoms with E-state index >= 15 is 0 Å². The largest absolute Gasteiger partial charge is 0.456 e. The van der Waals surface area contributed by atoms with E-state index in [9.17, 15) is 0 Å². The van der Waals surface area contributed by atoms with Gasteiger partial charge in [0, 0.05) is 10.9 Å². The fourth-order valence-corrected chi connectivity index (χ4v) is 7.42. The van der Waals surface area contributed by atoms with E-state index in [1.165, 1.54) is 76.1 Å². The van der Waals surface area contributed by atoms with Gasteiger partial charge in [0.15, 0.2) is 0 Å². The molecule has 0 amide bonds. The van der Waals surface area contributed by atoms with Crippen molar-refractivity contribution in [1.82, 2.24) is 0 Å². The van der Waals surface area contributed by atoms with E-state index in [1.807, 2.05) is 6.07 Å². The molecular weight excluding hydrogens is 544 g/mol. The van der Waals surface area contributed by atoms with E-state index in [-0.39, 0.29) is 0 Å². The standard InChI is InChI=1S/C44H26O/c1-3-9-30-23-32(15-13-27(30)7-1)35-19-17-29-18-20-37-39(33-16-14-28-8-2-4-10-31(28)24-33)26-40(38-22-21-36(35)43(29)44(37)38)42-25-34-11-5-6-12-41(34)45-42/h1-26H. The first kappa shape index (κ1) is 24.5. The molecule has 10 rings (SSSR count). The molecule has 10 aromatic rings. The fraction of sp³-hybridized carbons (Fsp3) is 0. The normalized spacial score (nSPS) is 12.0. The molecule has 0 unspecified atom stereocenters. The van der Waals surface area contributed by atoms with Crippen LogP contribution in [0.5, 0.6) is 0 Å². The summed E-state index contributed by atoms with van der Waals surface area (Å²) in [6.45, 7) is 0. The minimum atomic E-state index is 0.894. The van der Waals surface area contributed by atoms with Gasteiger partial charge in [-0.15, -0.1) is 0 Å². The molecule has 0 atom stereocenters. The second-order valence-corrected chi connectivity index (χ2v) is 12.1. The van der Waals surface area contributed by atoms with Crippen molar-refractivity contribution in [3.63, 3.8) is 0 Å². The van der Waals surface area contributed by atoms with E-state index in [1.54, 1.807) is 0 Å². The van der Waals surface area contributed by atoms with Gasteiger partial charge in [-0.05, 0) is 106 Å². The van der Waals surface area contributed by atoms with Gasteiger partial charge >= 0.3 is 0 Å². The second kappa shape index (κ2) is 9.29. The van der Waals surface area contributed by atoms with Gasteiger partial charge in [-0.2, -0.15) is 0 Å². The van der Waals surface area contributed by atoms with Crippen molar-refractivity contribution in [2.75, 3.05) is 0 Å². The van der Waals surface area contributed by atoms with E-state index in [0.717, 1.165) is 22.3 Å². The molecule has 0 saturated heterocycles. The topological polar surface area (TPSA) is 13.1 Å². The van der Waals surface area contributed by atoms with Gasteiger partial charge in [-0.3, -0.25) is 0 Å². The quantitative estimate of drug-likeness (QED) is 0.193. The summed E-state index contributed by atoms with van der Waals surface area (Å²) in [7, 11) is 0. The van der Waals surface area contributed by atoms with Crippen molar-refractivity contribution in [1.29, 1.82) is 0 Å². The summed E-state index contributed by atoms with van der Waals surface area (Å²) < 4.78 is 6.54. The molecule has 0 spiro atoms. The molecular formula is C44H26O. The minimum absolute atomic E-state index is 0.894. The zero-order chi connectivity index (χ0) is 29.5.